The number of anilines is 1. The van der Waals surface area contributed by atoms with E-state index in [1.54, 1.807) is 24.1 Å². The van der Waals surface area contributed by atoms with Crippen LogP contribution >= 0.6 is 0 Å². The Morgan fingerprint density at radius 1 is 1.06 bits per heavy atom. The largest absolute Gasteiger partial charge is 0.497 e. The third-order valence-electron chi connectivity index (χ3n) is 7.43. The van der Waals surface area contributed by atoms with Crippen molar-refractivity contribution in [2.75, 3.05) is 40.3 Å². The minimum Gasteiger partial charge on any atom is -0.497 e. The van der Waals surface area contributed by atoms with E-state index in [1.165, 1.54) is 21.3 Å². The highest BCUT2D eigenvalue weighted by Gasteiger charge is 2.67. The Morgan fingerprint density at radius 2 is 1.72 bits per heavy atom. The monoisotopic (exact) mass is 494 g/mol. The summed E-state index contributed by atoms with van der Waals surface area (Å²) >= 11 is 0. The van der Waals surface area contributed by atoms with Gasteiger partial charge in [0.1, 0.15) is 11.4 Å². The Hall–Kier alpha value is -3.72. The zero-order valence-corrected chi connectivity index (χ0v) is 20.9. The van der Waals surface area contributed by atoms with E-state index in [1.807, 2.05) is 43.3 Å². The van der Waals surface area contributed by atoms with Crippen LogP contribution in [0, 0.1) is 11.8 Å². The summed E-state index contributed by atoms with van der Waals surface area (Å²) in [5, 5.41) is 2.93. The standard InChI is InChI=1S/C27H30N2O7/c1-15(16-6-8-18(32-2)9-7-16)29-14-27-11-10-19(36-27)22(23(27)26(29)31)25(30)28-17-12-20(33-3)24(35-5)21(13-17)34-4/h6-13,15,19,22-23H,14H2,1-5H3,(H,28,30)/t15?,19?,22?,23?,27-/m1/s1. The molecule has 1 N–H and O–H groups in total. The first kappa shape index (κ1) is 24.0. The molecule has 2 aromatic carbocycles. The van der Waals surface area contributed by atoms with Crippen molar-refractivity contribution in [2.24, 2.45) is 11.8 Å². The van der Waals surface area contributed by atoms with E-state index < -0.39 is 23.5 Å². The molecule has 190 valence electrons. The molecule has 0 aromatic heterocycles. The fourth-order valence-corrected chi connectivity index (χ4v) is 5.60. The van der Waals surface area contributed by atoms with Gasteiger partial charge in [0.25, 0.3) is 0 Å². The number of fused-ring (bicyclic) bond motifs is 1. The Bertz CT molecular complexity index is 1190. The van der Waals surface area contributed by atoms with Crippen molar-refractivity contribution in [3.8, 4) is 23.0 Å². The van der Waals surface area contributed by atoms with E-state index in [-0.39, 0.29) is 17.9 Å². The molecule has 0 saturated carbocycles. The lowest BCUT2D eigenvalue weighted by Gasteiger charge is -2.28. The van der Waals surface area contributed by atoms with Crippen molar-refractivity contribution in [3.05, 3.63) is 54.1 Å². The first-order chi connectivity index (χ1) is 17.4. The van der Waals surface area contributed by atoms with E-state index in [0.29, 0.717) is 29.5 Å². The number of benzene rings is 2. The number of rotatable bonds is 8. The van der Waals surface area contributed by atoms with Gasteiger partial charge in [-0.1, -0.05) is 24.3 Å². The highest BCUT2D eigenvalue weighted by Crippen LogP contribution is 2.53. The van der Waals surface area contributed by atoms with Crippen molar-refractivity contribution in [2.45, 2.75) is 24.7 Å². The predicted octanol–water partition coefficient (Wildman–Crippen LogP) is 3.20. The molecular weight excluding hydrogens is 464 g/mol. The van der Waals surface area contributed by atoms with Crippen LogP contribution < -0.4 is 24.3 Å². The average Bonchev–Trinajstić information content (AvgIpc) is 3.55. The van der Waals surface area contributed by atoms with Crippen LogP contribution in [-0.2, 0) is 14.3 Å². The van der Waals surface area contributed by atoms with Crippen molar-refractivity contribution in [3.63, 3.8) is 0 Å². The van der Waals surface area contributed by atoms with Crippen LogP contribution in [0.1, 0.15) is 18.5 Å². The molecule has 1 spiro atoms. The third kappa shape index (κ3) is 3.65. The van der Waals surface area contributed by atoms with Crippen molar-refractivity contribution in [1.29, 1.82) is 0 Å². The summed E-state index contributed by atoms with van der Waals surface area (Å²) in [6.07, 6.45) is 3.38. The number of nitrogens with one attached hydrogen (secondary N) is 1. The van der Waals surface area contributed by atoms with Gasteiger partial charge in [0.2, 0.25) is 17.6 Å². The number of methoxy groups -OCH3 is 4. The molecule has 2 saturated heterocycles. The van der Waals surface area contributed by atoms with Crippen molar-refractivity contribution in [1.82, 2.24) is 4.90 Å². The molecule has 3 aliphatic rings. The Labute approximate surface area is 209 Å². The fraction of sp³-hybridized carbons (Fsp3) is 0.407. The fourth-order valence-electron chi connectivity index (χ4n) is 5.60. The van der Waals surface area contributed by atoms with Gasteiger partial charge in [-0.25, -0.2) is 0 Å². The molecule has 2 aromatic rings. The number of carbonyl (C=O) groups excluding carboxylic acids is 2. The summed E-state index contributed by atoms with van der Waals surface area (Å²) in [5.41, 5.74) is 0.654. The number of ether oxygens (including phenoxy) is 5. The van der Waals surface area contributed by atoms with Gasteiger partial charge in [-0.3, -0.25) is 9.59 Å². The maximum atomic E-state index is 13.7. The molecule has 3 aliphatic heterocycles. The van der Waals surface area contributed by atoms with Crippen molar-refractivity contribution < 1.29 is 33.3 Å². The van der Waals surface area contributed by atoms with E-state index in [9.17, 15) is 9.59 Å². The minimum atomic E-state index is -0.806. The zero-order chi connectivity index (χ0) is 25.6. The summed E-state index contributed by atoms with van der Waals surface area (Å²) < 4.78 is 27.7. The molecule has 9 nitrogen and oxygen atoms in total. The SMILES string of the molecule is COc1ccc(C(C)N2C[C@@]34C=CC(O3)C(C(=O)Nc3cc(OC)c(OC)c(OC)c3)C4C2=O)cc1. The van der Waals surface area contributed by atoms with Gasteiger partial charge < -0.3 is 33.9 Å². The number of carbonyl (C=O) groups is 2. The summed E-state index contributed by atoms with van der Waals surface area (Å²) in [6, 6.07) is 10.8. The number of amides is 2. The third-order valence-corrected chi connectivity index (χ3v) is 7.43. The molecule has 36 heavy (non-hydrogen) atoms. The van der Waals surface area contributed by atoms with E-state index in [0.717, 1.165) is 11.3 Å². The molecule has 0 aliphatic carbocycles. The summed E-state index contributed by atoms with van der Waals surface area (Å²) in [6.45, 7) is 2.38. The maximum absolute atomic E-state index is 13.7. The number of hydrogen-bond acceptors (Lipinski definition) is 7. The first-order valence-electron chi connectivity index (χ1n) is 11.8. The second-order valence-corrected chi connectivity index (χ2v) is 9.22. The van der Waals surface area contributed by atoms with Crippen LogP contribution in [0.25, 0.3) is 0 Å². The van der Waals surface area contributed by atoms with E-state index in [4.69, 9.17) is 23.7 Å². The molecule has 4 unspecified atom stereocenters. The molecule has 3 heterocycles. The van der Waals surface area contributed by atoms with Crippen LogP contribution in [0.5, 0.6) is 23.0 Å². The summed E-state index contributed by atoms with van der Waals surface area (Å²) in [4.78, 5) is 29.1. The van der Waals surface area contributed by atoms with Crippen LogP contribution in [0.4, 0.5) is 5.69 Å². The quantitative estimate of drug-likeness (QED) is 0.563. The molecule has 0 radical (unpaired) electrons. The van der Waals surface area contributed by atoms with Gasteiger partial charge in [0.15, 0.2) is 11.5 Å². The molecule has 9 heteroatoms. The number of hydrogen-bond donors (Lipinski definition) is 1. The van der Waals surface area contributed by atoms with Gasteiger partial charge in [-0.05, 0) is 24.6 Å². The predicted molar refractivity (Wildman–Crippen MR) is 132 cm³/mol. The Morgan fingerprint density at radius 3 is 2.31 bits per heavy atom. The molecule has 5 atom stereocenters. The lowest BCUT2D eigenvalue weighted by Crippen LogP contribution is -2.41. The van der Waals surface area contributed by atoms with Gasteiger partial charge >= 0.3 is 0 Å². The van der Waals surface area contributed by atoms with Crippen LogP contribution in [0.3, 0.4) is 0 Å². The molecule has 5 rings (SSSR count). The lowest BCUT2D eigenvalue weighted by molar-refractivity contribution is -0.137. The average molecular weight is 495 g/mol. The first-order valence-corrected chi connectivity index (χ1v) is 11.8. The number of nitrogens with zero attached hydrogens (tertiary/aromatic N) is 1. The smallest absolute Gasteiger partial charge is 0.231 e. The zero-order valence-electron chi connectivity index (χ0n) is 20.9. The van der Waals surface area contributed by atoms with Crippen LogP contribution in [0.15, 0.2) is 48.6 Å². The summed E-state index contributed by atoms with van der Waals surface area (Å²) in [5.74, 6) is 0.381. The van der Waals surface area contributed by atoms with Crippen molar-refractivity contribution >= 4 is 17.5 Å². The van der Waals surface area contributed by atoms with Crippen LogP contribution in [-0.4, -0.2) is 63.4 Å². The van der Waals surface area contributed by atoms with E-state index >= 15 is 0 Å². The normalized spacial score (nSPS) is 26.5. The maximum Gasteiger partial charge on any atom is 0.231 e. The van der Waals surface area contributed by atoms with Gasteiger partial charge in [0, 0.05) is 17.8 Å². The van der Waals surface area contributed by atoms with Gasteiger partial charge in [-0.15, -0.1) is 0 Å². The molecule has 2 fully saturated rings. The van der Waals surface area contributed by atoms with Gasteiger partial charge in [-0.2, -0.15) is 0 Å². The minimum absolute atomic E-state index is 0.0878. The number of likely N-dealkylation sites (tertiary alicyclic amines) is 1. The highest BCUT2D eigenvalue weighted by atomic mass is 16.5. The van der Waals surface area contributed by atoms with E-state index in [2.05, 4.69) is 5.32 Å². The Balaban J connectivity index is 1.39. The molecule has 2 amide bonds. The lowest BCUT2D eigenvalue weighted by atomic mass is 9.76. The second kappa shape index (κ2) is 9.05. The molecular formula is C27H30N2O7. The topological polar surface area (TPSA) is 95.6 Å². The highest BCUT2D eigenvalue weighted by molar-refractivity contribution is 5.99. The van der Waals surface area contributed by atoms with Crippen LogP contribution in [0.2, 0.25) is 0 Å². The second-order valence-electron chi connectivity index (χ2n) is 9.22. The van der Waals surface area contributed by atoms with Gasteiger partial charge in [0.05, 0.1) is 59.0 Å². The summed E-state index contributed by atoms with van der Waals surface area (Å²) in [7, 11) is 6.15. The Kier molecular flexibility index (Phi) is 6.04. The molecule has 2 bridgehead atoms.